The first-order valence-electron chi connectivity index (χ1n) is 7.86. The van der Waals surface area contributed by atoms with Gasteiger partial charge in [0, 0.05) is 19.8 Å². The van der Waals surface area contributed by atoms with Crippen LogP contribution in [0.15, 0.2) is 53.5 Å². The van der Waals surface area contributed by atoms with E-state index in [9.17, 15) is 22.8 Å². The van der Waals surface area contributed by atoms with E-state index in [4.69, 9.17) is 0 Å². The van der Waals surface area contributed by atoms with Crippen molar-refractivity contribution in [3.8, 4) is 5.75 Å². The van der Waals surface area contributed by atoms with Gasteiger partial charge in [0.1, 0.15) is 12.3 Å². The standard InChI is InChI=1S/C17H15F3N4O3/c1-22(10-12-5-7-13(8-6-12)27-17(18,19)20)15(25)11-24-16(26)23-9-3-2-4-14(23)21-24/h2-9H,10-11H2,1H3. The molecule has 0 aliphatic rings. The van der Waals surface area contributed by atoms with Crippen LogP contribution in [-0.4, -0.2) is 38.4 Å². The highest BCUT2D eigenvalue weighted by atomic mass is 19.4. The normalized spacial score (nSPS) is 11.6. The van der Waals surface area contributed by atoms with Crippen molar-refractivity contribution in [1.82, 2.24) is 19.1 Å². The van der Waals surface area contributed by atoms with Gasteiger partial charge >= 0.3 is 12.1 Å². The highest BCUT2D eigenvalue weighted by molar-refractivity contribution is 5.75. The number of hydrogen-bond acceptors (Lipinski definition) is 4. The number of aromatic nitrogens is 3. The molecular weight excluding hydrogens is 365 g/mol. The summed E-state index contributed by atoms with van der Waals surface area (Å²) in [6, 6.07) is 10.3. The Morgan fingerprint density at radius 2 is 1.89 bits per heavy atom. The molecule has 3 aromatic rings. The summed E-state index contributed by atoms with van der Waals surface area (Å²) in [7, 11) is 1.53. The van der Waals surface area contributed by atoms with Gasteiger partial charge in [-0.2, -0.15) is 0 Å². The van der Waals surface area contributed by atoms with Gasteiger partial charge in [0.15, 0.2) is 5.65 Å². The molecule has 0 saturated heterocycles. The van der Waals surface area contributed by atoms with Gasteiger partial charge in [0.25, 0.3) is 0 Å². The van der Waals surface area contributed by atoms with Crippen molar-refractivity contribution in [2.75, 3.05) is 7.05 Å². The minimum atomic E-state index is -4.75. The molecule has 2 aromatic heterocycles. The van der Waals surface area contributed by atoms with E-state index < -0.39 is 12.1 Å². The molecule has 1 amide bonds. The Labute approximate surface area is 151 Å². The van der Waals surface area contributed by atoms with Crippen molar-refractivity contribution in [2.24, 2.45) is 0 Å². The smallest absolute Gasteiger partial charge is 0.406 e. The number of hydrogen-bond donors (Lipinski definition) is 0. The van der Waals surface area contributed by atoms with Crippen LogP contribution in [0.5, 0.6) is 5.75 Å². The third-order valence-corrected chi connectivity index (χ3v) is 3.78. The average molecular weight is 380 g/mol. The van der Waals surface area contributed by atoms with E-state index >= 15 is 0 Å². The number of halogens is 3. The molecule has 0 aliphatic heterocycles. The fraction of sp³-hybridized carbons (Fsp3) is 0.235. The van der Waals surface area contributed by atoms with E-state index in [1.165, 1.54) is 40.6 Å². The van der Waals surface area contributed by atoms with Crippen LogP contribution in [0.4, 0.5) is 13.2 Å². The van der Waals surface area contributed by atoms with Gasteiger partial charge in [-0.25, -0.2) is 9.48 Å². The first-order valence-corrected chi connectivity index (χ1v) is 7.86. The first-order chi connectivity index (χ1) is 12.7. The van der Waals surface area contributed by atoms with Gasteiger partial charge in [0.05, 0.1) is 0 Å². The maximum Gasteiger partial charge on any atom is 0.573 e. The molecule has 27 heavy (non-hydrogen) atoms. The maximum absolute atomic E-state index is 12.3. The van der Waals surface area contributed by atoms with Crippen molar-refractivity contribution in [1.29, 1.82) is 0 Å². The second kappa shape index (κ2) is 7.14. The summed E-state index contributed by atoms with van der Waals surface area (Å²) in [5.74, 6) is -0.701. The van der Waals surface area contributed by atoms with Crippen LogP contribution in [0.3, 0.4) is 0 Å². The number of fused-ring (bicyclic) bond motifs is 1. The van der Waals surface area contributed by atoms with E-state index in [2.05, 4.69) is 9.84 Å². The number of pyridine rings is 1. The third-order valence-electron chi connectivity index (χ3n) is 3.78. The van der Waals surface area contributed by atoms with Gasteiger partial charge in [-0.05, 0) is 29.8 Å². The predicted octanol–water partition coefficient (Wildman–Crippen LogP) is 2.05. The highest BCUT2D eigenvalue weighted by Crippen LogP contribution is 2.23. The Balaban J connectivity index is 1.65. The molecule has 0 bridgehead atoms. The molecule has 0 fully saturated rings. The van der Waals surface area contributed by atoms with Crippen molar-refractivity contribution in [3.05, 3.63) is 64.7 Å². The summed E-state index contributed by atoms with van der Waals surface area (Å²) in [5.41, 5.74) is 0.613. The van der Waals surface area contributed by atoms with E-state index in [1.54, 1.807) is 24.4 Å². The number of amides is 1. The monoisotopic (exact) mass is 380 g/mol. The van der Waals surface area contributed by atoms with E-state index in [1.807, 2.05) is 0 Å². The van der Waals surface area contributed by atoms with Crippen molar-refractivity contribution < 1.29 is 22.7 Å². The average Bonchev–Trinajstić information content (AvgIpc) is 2.91. The molecule has 2 heterocycles. The Bertz CT molecular complexity index is 1010. The number of carbonyl (C=O) groups is 1. The maximum atomic E-state index is 12.3. The molecule has 0 unspecified atom stereocenters. The van der Waals surface area contributed by atoms with E-state index in [-0.39, 0.29) is 24.7 Å². The number of alkyl halides is 3. The van der Waals surface area contributed by atoms with Crippen LogP contribution < -0.4 is 10.4 Å². The largest absolute Gasteiger partial charge is 0.573 e. The highest BCUT2D eigenvalue weighted by Gasteiger charge is 2.31. The van der Waals surface area contributed by atoms with Gasteiger partial charge in [0.2, 0.25) is 5.91 Å². The lowest BCUT2D eigenvalue weighted by Crippen LogP contribution is -2.33. The molecule has 1 aromatic carbocycles. The molecule has 142 valence electrons. The Morgan fingerprint density at radius 3 is 2.52 bits per heavy atom. The van der Waals surface area contributed by atoms with Gasteiger partial charge < -0.3 is 9.64 Å². The lowest BCUT2D eigenvalue weighted by molar-refractivity contribution is -0.274. The topological polar surface area (TPSA) is 68.8 Å². The SMILES string of the molecule is CN(Cc1ccc(OC(F)(F)F)cc1)C(=O)Cn1nc2ccccn2c1=O. The summed E-state index contributed by atoms with van der Waals surface area (Å²) in [6.07, 6.45) is -3.20. The number of rotatable bonds is 5. The summed E-state index contributed by atoms with van der Waals surface area (Å²) in [6.45, 7) is -0.0838. The van der Waals surface area contributed by atoms with Gasteiger partial charge in [-0.15, -0.1) is 18.3 Å². The fourth-order valence-corrected chi connectivity index (χ4v) is 2.48. The van der Waals surface area contributed by atoms with Crippen LogP contribution in [0, 0.1) is 0 Å². The van der Waals surface area contributed by atoms with Crippen LogP contribution >= 0.6 is 0 Å². The van der Waals surface area contributed by atoms with E-state index in [0.29, 0.717) is 11.2 Å². The molecule has 3 rings (SSSR count). The van der Waals surface area contributed by atoms with Gasteiger partial charge in [-0.3, -0.25) is 9.20 Å². The Morgan fingerprint density at radius 1 is 1.19 bits per heavy atom. The number of ether oxygens (including phenoxy) is 1. The zero-order chi connectivity index (χ0) is 19.6. The second-order valence-corrected chi connectivity index (χ2v) is 5.81. The van der Waals surface area contributed by atoms with Crippen LogP contribution in [0.2, 0.25) is 0 Å². The van der Waals surface area contributed by atoms with Crippen LogP contribution in [0.25, 0.3) is 5.65 Å². The fourth-order valence-electron chi connectivity index (χ4n) is 2.48. The molecule has 10 heteroatoms. The first kappa shape index (κ1) is 18.5. The minimum absolute atomic E-state index is 0.160. The zero-order valence-electron chi connectivity index (χ0n) is 14.2. The second-order valence-electron chi connectivity index (χ2n) is 5.81. The molecule has 7 nitrogen and oxygen atoms in total. The van der Waals surface area contributed by atoms with E-state index in [0.717, 1.165) is 4.68 Å². The minimum Gasteiger partial charge on any atom is -0.406 e. The molecule has 0 N–H and O–H groups in total. The lowest BCUT2D eigenvalue weighted by Gasteiger charge is -2.17. The van der Waals surface area contributed by atoms with Crippen LogP contribution in [0.1, 0.15) is 5.56 Å². The predicted molar refractivity (Wildman–Crippen MR) is 89.1 cm³/mol. The molecule has 0 atom stereocenters. The number of nitrogens with zero attached hydrogens (tertiary/aromatic N) is 4. The number of carbonyl (C=O) groups excluding carboxylic acids is 1. The van der Waals surface area contributed by atoms with Crippen molar-refractivity contribution in [2.45, 2.75) is 19.5 Å². The molecular formula is C17H15F3N4O3. The molecule has 0 spiro atoms. The zero-order valence-corrected chi connectivity index (χ0v) is 14.2. The number of likely N-dealkylation sites (N-methyl/N-ethyl adjacent to an activating group) is 1. The Hall–Kier alpha value is -3.30. The third kappa shape index (κ3) is 4.46. The van der Waals surface area contributed by atoms with Gasteiger partial charge in [-0.1, -0.05) is 18.2 Å². The Kier molecular flexibility index (Phi) is 4.89. The summed E-state index contributed by atoms with van der Waals surface area (Å²) < 4.78 is 42.7. The van der Waals surface area contributed by atoms with Crippen molar-refractivity contribution in [3.63, 3.8) is 0 Å². The van der Waals surface area contributed by atoms with Crippen LogP contribution in [-0.2, 0) is 17.9 Å². The molecule has 0 radical (unpaired) electrons. The number of benzene rings is 1. The lowest BCUT2D eigenvalue weighted by atomic mass is 10.2. The summed E-state index contributed by atoms with van der Waals surface area (Å²) in [5, 5.41) is 4.08. The molecule has 0 saturated carbocycles. The van der Waals surface area contributed by atoms with Crippen molar-refractivity contribution >= 4 is 11.6 Å². The summed E-state index contributed by atoms with van der Waals surface area (Å²) in [4.78, 5) is 25.9. The summed E-state index contributed by atoms with van der Waals surface area (Å²) >= 11 is 0. The molecule has 0 aliphatic carbocycles. The quantitative estimate of drug-likeness (QED) is 0.680.